The Hall–Kier alpha value is -2.08. The topological polar surface area (TPSA) is 95.5 Å². The van der Waals surface area contributed by atoms with Gasteiger partial charge >= 0.3 is 5.97 Å². The first kappa shape index (κ1) is 21.0. The molecule has 0 aliphatic heterocycles. The van der Waals surface area contributed by atoms with Crippen LogP contribution in [0.2, 0.25) is 5.02 Å². The van der Waals surface area contributed by atoms with Gasteiger partial charge < -0.3 is 15.7 Å². The molecule has 0 spiro atoms. The molecule has 0 aromatic heterocycles. The van der Waals surface area contributed by atoms with Crippen molar-refractivity contribution in [3.05, 3.63) is 34.9 Å². The standard InChI is InChI=1S/C18H25ClN2O4/c1-11(2)18(4,10-17(24)25)21-16(23)9-15(20-12(3)22)13-5-7-14(19)8-6-13/h5-8,11,15H,9-10H2,1-4H3,(H,20,22)(H,21,23)(H,24,25). The molecule has 6 nitrogen and oxygen atoms in total. The molecule has 3 N–H and O–H groups in total. The third-order valence-corrected chi connectivity index (χ3v) is 4.51. The molecule has 0 aliphatic carbocycles. The van der Waals surface area contributed by atoms with Gasteiger partial charge in [0.1, 0.15) is 0 Å². The molecule has 0 aliphatic rings. The Morgan fingerprint density at radius 1 is 1.20 bits per heavy atom. The van der Waals surface area contributed by atoms with Crippen LogP contribution in [0.3, 0.4) is 0 Å². The number of halogens is 1. The minimum Gasteiger partial charge on any atom is -0.481 e. The van der Waals surface area contributed by atoms with Crippen LogP contribution in [-0.2, 0) is 14.4 Å². The lowest BCUT2D eigenvalue weighted by Gasteiger charge is -2.34. The SMILES string of the molecule is CC(=O)NC(CC(=O)NC(C)(CC(=O)O)C(C)C)c1ccc(Cl)cc1. The van der Waals surface area contributed by atoms with Crippen LogP contribution >= 0.6 is 11.6 Å². The maximum Gasteiger partial charge on any atom is 0.305 e. The molecule has 2 atom stereocenters. The lowest BCUT2D eigenvalue weighted by molar-refractivity contribution is -0.139. The Balaban J connectivity index is 2.92. The van der Waals surface area contributed by atoms with E-state index in [0.29, 0.717) is 5.02 Å². The van der Waals surface area contributed by atoms with Crippen molar-refractivity contribution < 1.29 is 19.5 Å². The molecule has 1 rings (SSSR count). The van der Waals surface area contributed by atoms with Gasteiger partial charge in [0.05, 0.1) is 18.9 Å². The van der Waals surface area contributed by atoms with E-state index in [-0.39, 0.29) is 30.6 Å². The second-order valence-electron chi connectivity index (χ2n) is 6.70. The van der Waals surface area contributed by atoms with E-state index in [1.54, 1.807) is 31.2 Å². The molecule has 0 fully saturated rings. The summed E-state index contributed by atoms with van der Waals surface area (Å²) in [5.41, 5.74) is -0.122. The molecular weight excluding hydrogens is 344 g/mol. The summed E-state index contributed by atoms with van der Waals surface area (Å²) in [4.78, 5) is 35.1. The smallest absolute Gasteiger partial charge is 0.305 e. The molecule has 2 amide bonds. The van der Waals surface area contributed by atoms with E-state index >= 15 is 0 Å². The van der Waals surface area contributed by atoms with Crippen molar-refractivity contribution in [2.75, 3.05) is 0 Å². The summed E-state index contributed by atoms with van der Waals surface area (Å²) in [6.07, 6.45) is -0.175. The van der Waals surface area contributed by atoms with E-state index < -0.39 is 17.6 Å². The molecule has 0 radical (unpaired) electrons. The average molecular weight is 369 g/mol. The van der Waals surface area contributed by atoms with E-state index in [0.717, 1.165) is 5.56 Å². The number of hydrogen-bond donors (Lipinski definition) is 3. The van der Waals surface area contributed by atoms with E-state index in [4.69, 9.17) is 16.7 Å². The molecule has 0 bridgehead atoms. The molecule has 2 unspecified atom stereocenters. The number of carboxylic acid groups (broad SMARTS) is 1. The monoisotopic (exact) mass is 368 g/mol. The summed E-state index contributed by atoms with van der Waals surface area (Å²) >= 11 is 5.88. The van der Waals surface area contributed by atoms with Gasteiger partial charge in [0.25, 0.3) is 0 Å². The number of carbonyl (C=O) groups is 3. The summed E-state index contributed by atoms with van der Waals surface area (Å²) in [5.74, 6) is -1.63. The van der Waals surface area contributed by atoms with Crippen LogP contribution in [0.1, 0.15) is 52.1 Å². The van der Waals surface area contributed by atoms with Gasteiger partial charge in [-0.3, -0.25) is 14.4 Å². The normalized spacial score (nSPS) is 14.5. The largest absolute Gasteiger partial charge is 0.481 e. The number of hydrogen-bond acceptors (Lipinski definition) is 3. The summed E-state index contributed by atoms with van der Waals surface area (Å²) < 4.78 is 0. The first-order valence-electron chi connectivity index (χ1n) is 8.09. The van der Waals surface area contributed by atoms with E-state index in [2.05, 4.69) is 10.6 Å². The Morgan fingerprint density at radius 3 is 2.20 bits per heavy atom. The fraction of sp³-hybridized carbons (Fsp3) is 0.500. The summed E-state index contributed by atoms with van der Waals surface area (Å²) in [6, 6.07) is 6.35. The van der Waals surface area contributed by atoms with Crippen LogP contribution < -0.4 is 10.6 Å². The van der Waals surface area contributed by atoms with Crippen molar-refractivity contribution in [2.24, 2.45) is 5.92 Å². The number of carbonyl (C=O) groups excluding carboxylic acids is 2. The highest BCUT2D eigenvalue weighted by atomic mass is 35.5. The van der Waals surface area contributed by atoms with Gasteiger partial charge in [-0.1, -0.05) is 37.6 Å². The summed E-state index contributed by atoms with van der Waals surface area (Å²) in [6.45, 7) is 6.80. The van der Waals surface area contributed by atoms with Gasteiger partial charge in [-0.05, 0) is 30.5 Å². The van der Waals surface area contributed by atoms with Gasteiger partial charge in [0, 0.05) is 17.5 Å². The van der Waals surface area contributed by atoms with Crippen molar-refractivity contribution in [3.8, 4) is 0 Å². The predicted molar refractivity (Wildman–Crippen MR) is 96.3 cm³/mol. The van der Waals surface area contributed by atoms with Gasteiger partial charge in [-0.2, -0.15) is 0 Å². The van der Waals surface area contributed by atoms with Crippen LogP contribution in [0.5, 0.6) is 0 Å². The third kappa shape index (κ3) is 6.74. The Labute approximate surface area is 152 Å². The second-order valence-corrected chi connectivity index (χ2v) is 7.14. The van der Waals surface area contributed by atoms with Crippen molar-refractivity contribution in [2.45, 2.75) is 52.1 Å². The van der Waals surface area contributed by atoms with Crippen LogP contribution in [-0.4, -0.2) is 28.4 Å². The molecule has 0 saturated heterocycles. The average Bonchev–Trinajstić information content (AvgIpc) is 2.45. The van der Waals surface area contributed by atoms with Gasteiger partial charge in [-0.25, -0.2) is 0 Å². The zero-order chi connectivity index (χ0) is 19.2. The van der Waals surface area contributed by atoms with Crippen LogP contribution in [0.15, 0.2) is 24.3 Å². The molecule has 25 heavy (non-hydrogen) atoms. The van der Waals surface area contributed by atoms with Gasteiger partial charge in [0.2, 0.25) is 11.8 Å². The molecule has 1 aromatic carbocycles. The molecule has 7 heteroatoms. The van der Waals surface area contributed by atoms with E-state index in [1.165, 1.54) is 6.92 Å². The molecular formula is C18H25ClN2O4. The maximum atomic E-state index is 12.5. The number of aliphatic carboxylic acids is 1. The maximum absolute atomic E-state index is 12.5. The predicted octanol–water partition coefficient (Wildman–Crippen LogP) is 2.91. The zero-order valence-corrected chi connectivity index (χ0v) is 15.7. The van der Waals surface area contributed by atoms with Gasteiger partial charge in [-0.15, -0.1) is 0 Å². The first-order valence-corrected chi connectivity index (χ1v) is 8.46. The number of rotatable bonds is 8. The first-order chi connectivity index (χ1) is 11.5. The Kier molecular flexibility index (Phi) is 7.42. The summed E-state index contributed by atoms with van der Waals surface area (Å²) in [5, 5.41) is 15.2. The highest BCUT2D eigenvalue weighted by molar-refractivity contribution is 6.30. The Bertz CT molecular complexity index is 630. The van der Waals surface area contributed by atoms with Crippen LogP contribution in [0.4, 0.5) is 0 Å². The van der Waals surface area contributed by atoms with Crippen LogP contribution in [0.25, 0.3) is 0 Å². The fourth-order valence-corrected chi connectivity index (χ4v) is 2.58. The lowest BCUT2D eigenvalue weighted by Crippen LogP contribution is -2.52. The molecule has 0 heterocycles. The lowest BCUT2D eigenvalue weighted by atomic mass is 9.85. The van der Waals surface area contributed by atoms with Crippen LogP contribution in [0, 0.1) is 5.92 Å². The van der Waals surface area contributed by atoms with E-state index in [9.17, 15) is 14.4 Å². The zero-order valence-electron chi connectivity index (χ0n) is 14.9. The molecule has 0 saturated carbocycles. The third-order valence-electron chi connectivity index (χ3n) is 4.26. The highest BCUT2D eigenvalue weighted by Crippen LogP contribution is 2.23. The highest BCUT2D eigenvalue weighted by Gasteiger charge is 2.33. The van der Waals surface area contributed by atoms with Crippen molar-refractivity contribution in [1.82, 2.24) is 10.6 Å². The number of benzene rings is 1. The molecule has 138 valence electrons. The Morgan fingerprint density at radius 2 is 1.76 bits per heavy atom. The summed E-state index contributed by atoms with van der Waals surface area (Å²) in [7, 11) is 0. The molecule has 1 aromatic rings. The fourth-order valence-electron chi connectivity index (χ4n) is 2.45. The number of nitrogens with one attached hydrogen (secondary N) is 2. The number of amides is 2. The second kappa shape index (κ2) is 8.85. The minimum atomic E-state index is -0.979. The van der Waals surface area contributed by atoms with E-state index in [1.807, 2.05) is 13.8 Å². The quantitative estimate of drug-likeness (QED) is 0.657. The van der Waals surface area contributed by atoms with Crippen molar-refractivity contribution in [1.29, 1.82) is 0 Å². The van der Waals surface area contributed by atoms with Crippen molar-refractivity contribution >= 4 is 29.4 Å². The number of carboxylic acids is 1. The van der Waals surface area contributed by atoms with Crippen molar-refractivity contribution in [3.63, 3.8) is 0 Å². The minimum absolute atomic E-state index is 0.00312. The van der Waals surface area contributed by atoms with Gasteiger partial charge in [0.15, 0.2) is 0 Å².